The van der Waals surface area contributed by atoms with Crippen LogP contribution in [0.5, 0.6) is 0 Å². The summed E-state index contributed by atoms with van der Waals surface area (Å²) in [6, 6.07) is 11.9. The van der Waals surface area contributed by atoms with Gasteiger partial charge in [0.25, 0.3) is 5.91 Å². The Balaban J connectivity index is 1.56. The number of sulfonamides is 1. The maximum atomic E-state index is 12.6. The molecule has 1 aliphatic rings. The van der Waals surface area contributed by atoms with E-state index < -0.39 is 15.9 Å². The molecule has 0 atom stereocenters. The number of carbonyl (C=O) groups excluding carboxylic acids is 1. The van der Waals surface area contributed by atoms with Gasteiger partial charge >= 0.3 is 0 Å². The lowest BCUT2D eigenvalue weighted by Gasteiger charge is -2.18. The Morgan fingerprint density at radius 2 is 1.90 bits per heavy atom. The van der Waals surface area contributed by atoms with Crippen LogP contribution in [0.25, 0.3) is 10.6 Å². The van der Waals surface area contributed by atoms with E-state index in [9.17, 15) is 13.2 Å². The fraction of sp³-hybridized carbons (Fsp3) is 0.158. The molecule has 1 saturated heterocycles. The standard InChI is InChI=1S/C19H15Cl2N3O3S2/c20-13-4-2-12(3-5-13)19-23-17(11-28-19)18(25)22-16-10-14(6-7-15(16)21)24-8-1-9-29(24,26)27/h2-7,10-11H,1,8-9H2,(H,22,25). The summed E-state index contributed by atoms with van der Waals surface area (Å²) in [6.07, 6.45) is 0.568. The highest BCUT2D eigenvalue weighted by Gasteiger charge is 2.29. The highest BCUT2D eigenvalue weighted by Crippen LogP contribution is 2.32. The van der Waals surface area contributed by atoms with Crippen molar-refractivity contribution >= 4 is 61.8 Å². The zero-order valence-electron chi connectivity index (χ0n) is 14.9. The molecule has 0 spiro atoms. The van der Waals surface area contributed by atoms with Gasteiger partial charge in [-0.2, -0.15) is 0 Å². The first-order valence-electron chi connectivity index (χ1n) is 8.66. The molecule has 10 heteroatoms. The highest BCUT2D eigenvalue weighted by molar-refractivity contribution is 7.93. The second-order valence-corrected chi connectivity index (χ2v) is 10.1. The summed E-state index contributed by atoms with van der Waals surface area (Å²) in [5.41, 5.74) is 1.91. The summed E-state index contributed by atoms with van der Waals surface area (Å²) in [4.78, 5) is 17.0. The van der Waals surface area contributed by atoms with Crippen LogP contribution in [-0.2, 0) is 10.0 Å². The van der Waals surface area contributed by atoms with Gasteiger partial charge in [0.1, 0.15) is 10.7 Å². The van der Waals surface area contributed by atoms with Crippen LogP contribution in [0.2, 0.25) is 10.0 Å². The predicted molar refractivity (Wildman–Crippen MR) is 118 cm³/mol. The molecule has 2 heterocycles. The second kappa shape index (κ2) is 7.95. The molecule has 1 aromatic heterocycles. The van der Waals surface area contributed by atoms with E-state index >= 15 is 0 Å². The number of nitrogens with zero attached hydrogens (tertiary/aromatic N) is 2. The van der Waals surface area contributed by atoms with Crippen molar-refractivity contribution in [2.75, 3.05) is 21.9 Å². The molecular weight excluding hydrogens is 453 g/mol. The number of benzene rings is 2. The predicted octanol–water partition coefficient (Wildman–Crippen LogP) is 4.91. The molecule has 0 radical (unpaired) electrons. The van der Waals surface area contributed by atoms with Crippen molar-refractivity contribution in [3.63, 3.8) is 0 Å². The van der Waals surface area contributed by atoms with E-state index in [1.54, 1.807) is 35.7 Å². The molecule has 0 saturated carbocycles. The fourth-order valence-electron chi connectivity index (χ4n) is 2.98. The van der Waals surface area contributed by atoms with Crippen LogP contribution in [0.1, 0.15) is 16.9 Å². The molecule has 3 aromatic rings. The Morgan fingerprint density at radius 1 is 1.14 bits per heavy atom. The van der Waals surface area contributed by atoms with Gasteiger partial charge in [-0.1, -0.05) is 35.3 Å². The zero-order valence-corrected chi connectivity index (χ0v) is 18.1. The zero-order chi connectivity index (χ0) is 20.6. The van der Waals surface area contributed by atoms with Gasteiger partial charge in [-0.25, -0.2) is 13.4 Å². The summed E-state index contributed by atoms with van der Waals surface area (Å²) in [7, 11) is -3.32. The lowest BCUT2D eigenvalue weighted by Crippen LogP contribution is -2.25. The minimum Gasteiger partial charge on any atom is -0.319 e. The summed E-state index contributed by atoms with van der Waals surface area (Å²) in [5, 5.41) is 6.00. The van der Waals surface area contributed by atoms with E-state index in [0.29, 0.717) is 39.4 Å². The van der Waals surface area contributed by atoms with Gasteiger partial charge < -0.3 is 5.32 Å². The van der Waals surface area contributed by atoms with Crippen molar-refractivity contribution in [1.82, 2.24) is 4.98 Å². The molecule has 1 amide bonds. The molecule has 0 unspecified atom stereocenters. The third kappa shape index (κ3) is 4.25. The van der Waals surface area contributed by atoms with E-state index in [1.807, 2.05) is 12.1 Å². The smallest absolute Gasteiger partial charge is 0.275 e. The van der Waals surface area contributed by atoms with Crippen molar-refractivity contribution in [1.29, 1.82) is 0 Å². The number of thiazole rings is 1. The quantitative estimate of drug-likeness (QED) is 0.590. The van der Waals surface area contributed by atoms with Gasteiger partial charge in [-0.3, -0.25) is 9.10 Å². The molecule has 1 aliphatic heterocycles. The number of anilines is 2. The first-order valence-corrected chi connectivity index (χ1v) is 11.9. The van der Waals surface area contributed by atoms with Crippen LogP contribution in [-0.4, -0.2) is 31.6 Å². The van der Waals surface area contributed by atoms with E-state index in [-0.39, 0.29) is 11.4 Å². The Bertz CT molecular complexity index is 1180. The van der Waals surface area contributed by atoms with Crippen LogP contribution < -0.4 is 9.62 Å². The fourth-order valence-corrected chi connectivity index (χ4v) is 5.64. The first kappa shape index (κ1) is 20.2. The molecular formula is C19H15Cl2N3O3S2. The SMILES string of the molecule is O=C(Nc1cc(N2CCCS2(=O)=O)ccc1Cl)c1csc(-c2ccc(Cl)cc2)n1. The average molecular weight is 468 g/mol. The largest absolute Gasteiger partial charge is 0.319 e. The monoisotopic (exact) mass is 467 g/mol. The van der Waals surface area contributed by atoms with E-state index in [1.165, 1.54) is 15.6 Å². The van der Waals surface area contributed by atoms with Crippen molar-refractivity contribution in [2.24, 2.45) is 0 Å². The van der Waals surface area contributed by atoms with Crippen LogP contribution in [0.3, 0.4) is 0 Å². The Morgan fingerprint density at radius 3 is 2.59 bits per heavy atom. The number of hydrogen-bond donors (Lipinski definition) is 1. The summed E-state index contributed by atoms with van der Waals surface area (Å²) in [5.74, 6) is -0.311. The van der Waals surface area contributed by atoms with Crippen molar-refractivity contribution in [3.8, 4) is 10.6 Å². The number of nitrogens with one attached hydrogen (secondary N) is 1. The Labute approximate surface area is 182 Å². The van der Waals surface area contributed by atoms with E-state index in [2.05, 4.69) is 10.3 Å². The third-order valence-electron chi connectivity index (χ3n) is 4.41. The number of rotatable bonds is 4. The van der Waals surface area contributed by atoms with Gasteiger partial charge in [-0.05, 0) is 36.8 Å². The summed E-state index contributed by atoms with van der Waals surface area (Å²) in [6.45, 7) is 0.411. The molecule has 4 rings (SSSR count). The number of aromatic nitrogens is 1. The van der Waals surface area contributed by atoms with Gasteiger partial charge in [-0.15, -0.1) is 11.3 Å². The summed E-state index contributed by atoms with van der Waals surface area (Å²) >= 11 is 13.5. The van der Waals surface area contributed by atoms with Crippen molar-refractivity contribution < 1.29 is 13.2 Å². The number of amides is 1. The summed E-state index contributed by atoms with van der Waals surface area (Å²) < 4.78 is 25.6. The van der Waals surface area contributed by atoms with Crippen molar-refractivity contribution in [2.45, 2.75) is 6.42 Å². The van der Waals surface area contributed by atoms with E-state index in [4.69, 9.17) is 23.2 Å². The molecule has 0 aliphatic carbocycles. The molecule has 150 valence electrons. The third-order valence-corrected chi connectivity index (χ3v) is 7.76. The molecule has 0 bridgehead atoms. The molecule has 29 heavy (non-hydrogen) atoms. The minimum atomic E-state index is -3.32. The number of halogens is 2. The van der Waals surface area contributed by atoms with Crippen LogP contribution in [0.15, 0.2) is 47.8 Å². The molecule has 1 N–H and O–H groups in total. The molecule has 1 fully saturated rings. The second-order valence-electron chi connectivity index (χ2n) is 6.40. The maximum absolute atomic E-state index is 12.6. The molecule has 2 aromatic carbocycles. The van der Waals surface area contributed by atoms with Gasteiger partial charge in [0, 0.05) is 22.5 Å². The minimum absolute atomic E-state index is 0.115. The number of carbonyl (C=O) groups is 1. The lowest BCUT2D eigenvalue weighted by molar-refractivity contribution is 0.102. The normalized spacial score (nSPS) is 15.4. The maximum Gasteiger partial charge on any atom is 0.275 e. The topological polar surface area (TPSA) is 79.4 Å². The number of hydrogen-bond acceptors (Lipinski definition) is 5. The van der Waals surface area contributed by atoms with Crippen molar-refractivity contribution in [3.05, 3.63) is 63.6 Å². The lowest BCUT2D eigenvalue weighted by atomic mass is 10.2. The van der Waals surface area contributed by atoms with Gasteiger partial charge in [0.05, 0.1) is 22.2 Å². The van der Waals surface area contributed by atoms with Gasteiger partial charge in [0.2, 0.25) is 10.0 Å². The molecule has 6 nitrogen and oxygen atoms in total. The first-order chi connectivity index (χ1) is 13.8. The Kier molecular flexibility index (Phi) is 5.52. The van der Waals surface area contributed by atoms with Gasteiger partial charge in [0.15, 0.2) is 0 Å². The van der Waals surface area contributed by atoms with E-state index in [0.717, 1.165) is 5.56 Å². The van der Waals surface area contributed by atoms with Crippen LogP contribution in [0.4, 0.5) is 11.4 Å². The Hall–Kier alpha value is -2.13. The van der Waals surface area contributed by atoms with Crippen LogP contribution in [0, 0.1) is 0 Å². The average Bonchev–Trinajstić information content (AvgIpc) is 3.31. The highest BCUT2D eigenvalue weighted by atomic mass is 35.5. The van der Waals surface area contributed by atoms with Crippen LogP contribution >= 0.6 is 34.5 Å².